The zero-order valence-corrected chi connectivity index (χ0v) is 24.1. The highest BCUT2D eigenvalue weighted by Crippen LogP contribution is 2.70. The van der Waals surface area contributed by atoms with Crippen LogP contribution in [0.2, 0.25) is 0 Å². The van der Waals surface area contributed by atoms with Gasteiger partial charge in [0.1, 0.15) is 5.60 Å². The van der Waals surface area contributed by atoms with Gasteiger partial charge in [0.2, 0.25) is 0 Å². The van der Waals surface area contributed by atoms with Crippen LogP contribution in [0.25, 0.3) is 6.08 Å². The second-order valence-corrected chi connectivity index (χ2v) is 12.4. The van der Waals surface area contributed by atoms with E-state index >= 15 is 8.78 Å². The average Bonchev–Trinajstić information content (AvgIpc) is 3.24. The standard InChI is InChI=1S/C33H37F5N2O3/c1-3-16-39-29(42)40-17-4-5-20-6-8-21(9-7-20)26-19-30(2)27(14-15-31(30,43)32(34,35)33(36,37)38)25-12-10-22-18-23(41)11-13-24(22)28(25)26/h3-9,18,25-27,43H,1,10-17,19H2,2H3,(H2,39,40,42)/b5-4+/t25-,26+,27-,30-,31-/m0/s1. The molecule has 2 saturated carbocycles. The fraction of sp³-hybridized carbons (Fsp3) is 0.515. The van der Waals surface area contributed by atoms with E-state index in [9.17, 15) is 27.9 Å². The van der Waals surface area contributed by atoms with Crippen LogP contribution in [0.4, 0.5) is 26.7 Å². The summed E-state index contributed by atoms with van der Waals surface area (Å²) in [5.41, 5.74) is -0.324. The topological polar surface area (TPSA) is 78.4 Å². The Morgan fingerprint density at radius 3 is 2.44 bits per heavy atom. The number of amides is 2. The molecule has 3 N–H and O–H groups in total. The van der Waals surface area contributed by atoms with E-state index in [1.54, 1.807) is 18.2 Å². The molecule has 0 aliphatic heterocycles. The lowest BCUT2D eigenvalue weighted by molar-refractivity contribution is -0.362. The van der Waals surface area contributed by atoms with Gasteiger partial charge in [-0.3, -0.25) is 4.79 Å². The molecule has 5 atom stereocenters. The van der Waals surface area contributed by atoms with E-state index in [2.05, 4.69) is 17.2 Å². The van der Waals surface area contributed by atoms with Gasteiger partial charge >= 0.3 is 18.1 Å². The number of urea groups is 1. The summed E-state index contributed by atoms with van der Waals surface area (Å²) < 4.78 is 71.5. The first kappa shape index (κ1) is 31.2. The molecule has 232 valence electrons. The fourth-order valence-corrected chi connectivity index (χ4v) is 8.13. The molecule has 43 heavy (non-hydrogen) atoms. The van der Waals surface area contributed by atoms with Crippen LogP contribution in [-0.4, -0.2) is 47.7 Å². The zero-order valence-electron chi connectivity index (χ0n) is 24.1. The number of rotatable bonds is 7. The van der Waals surface area contributed by atoms with Crippen molar-refractivity contribution in [3.63, 3.8) is 0 Å². The van der Waals surface area contributed by atoms with E-state index in [1.165, 1.54) is 6.92 Å². The Balaban J connectivity index is 1.50. The van der Waals surface area contributed by atoms with Crippen LogP contribution in [0.1, 0.15) is 68.9 Å². The monoisotopic (exact) mass is 604 g/mol. The van der Waals surface area contributed by atoms with Crippen molar-refractivity contribution >= 4 is 17.9 Å². The molecule has 0 heterocycles. The van der Waals surface area contributed by atoms with Crippen molar-refractivity contribution in [1.29, 1.82) is 0 Å². The Hall–Kier alpha value is -3.27. The van der Waals surface area contributed by atoms with E-state index in [0.29, 0.717) is 32.2 Å². The first-order chi connectivity index (χ1) is 20.2. The molecule has 0 aromatic heterocycles. The maximum atomic E-state index is 15.1. The molecule has 0 radical (unpaired) electrons. The molecule has 5 rings (SSSR count). The molecule has 2 fully saturated rings. The normalized spacial score (nSPS) is 30.8. The predicted molar refractivity (Wildman–Crippen MR) is 153 cm³/mol. The predicted octanol–water partition coefficient (Wildman–Crippen LogP) is 7.01. The Kier molecular flexibility index (Phi) is 8.22. The third kappa shape index (κ3) is 5.25. The third-order valence-corrected chi connectivity index (χ3v) is 10.2. The number of ketones is 1. The van der Waals surface area contributed by atoms with Crippen LogP contribution in [0.3, 0.4) is 0 Å². The highest BCUT2D eigenvalue weighted by molar-refractivity contribution is 5.93. The van der Waals surface area contributed by atoms with Crippen molar-refractivity contribution in [3.05, 3.63) is 76.9 Å². The van der Waals surface area contributed by atoms with E-state index in [4.69, 9.17) is 0 Å². The minimum absolute atomic E-state index is 0.0406. The van der Waals surface area contributed by atoms with Gasteiger partial charge in [0.25, 0.3) is 0 Å². The summed E-state index contributed by atoms with van der Waals surface area (Å²) in [6, 6.07) is 7.05. The lowest BCUT2D eigenvalue weighted by Crippen LogP contribution is -2.65. The van der Waals surface area contributed by atoms with Crippen molar-refractivity contribution in [2.45, 2.75) is 75.5 Å². The quantitative estimate of drug-likeness (QED) is 0.231. The van der Waals surface area contributed by atoms with E-state index < -0.39 is 41.4 Å². The van der Waals surface area contributed by atoms with Crippen LogP contribution >= 0.6 is 0 Å². The number of fused-ring (bicyclic) bond motifs is 4. The molecule has 0 unspecified atom stereocenters. The number of nitrogens with one attached hydrogen (secondary N) is 2. The summed E-state index contributed by atoms with van der Waals surface area (Å²) in [6.45, 7) is 5.58. The van der Waals surface area contributed by atoms with Crippen molar-refractivity contribution < 1.29 is 36.6 Å². The molecule has 2 amide bonds. The molecule has 4 aliphatic rings. The molecule has 5 nitrogen and oxygen atoms in total. The van der Waals surface area contributed by atoms with Gasteiger partial charge in [0.05, 0.1) is 0 Å². The summed E-state index contributed by atoms with van der Waals surface area (Å²) in [6.07, 6.45) is 2.28. The molecule has 4 aliphatic carbocycles. The maximum absolute atomic E-state index is 15.1. The highest BCUT2D eigenvalue weighted by Gasteiger charge is 2.79. The number of allylic oxidation sites excluding steroid dienone is 4. The van der Waals surface area contributed by atoms with E-state index in [0.717, 1.165) is 27.8 Å². The van der Waals surface area contributed by atoms with Gasteiger partial charge in [-0.05, 0) is 78.7 Å². The maximum Gasteiger partial charge on any atom is 0.456 e. The Bertz CT molecular complexity index is 1380. The summed E-state index contributed by atoms with van der Waals surface area (Å²) >= 11 is 0. The third-order valence-electron chi connectivity index (χ3n) is 10.2. The molecule has 0 saturated heterocycles. The summed E-state index contributed by atoms with van der Waals surface area (Å²) in [7, 11) is 0. The number of carbonyl (C=O) groups excluding carboxylic acids is 2. The van der Waals surface area contributed by atoms with Crippen molar-refractivity contribution in [2.75, 3.05) is 13.1 Å². The first-order valence-electron chi connectivity index (χ1n) is 14.8. The SMILES string of the molecule is C=CCNC(=O)NC/C=C/c1ccc([C@H]2C[C@@]3(C)[C@@H](CC[C@@]3(O)C(F)(F)C(F)(F)F)[C@@H]3CCC4=CC(=O)CCC4=C32)cc1. The zero-order chi connectivity index (χ0) is 31.2. The fourth-order valence-electron chi connectivity index (χ4n) is 8.13. The summed E-state index contributed by atoms with van der Waals surface area (Å²) in [4.78, 5) is 23.9. The smallest absolute Gasteiger partial charge is 0.383 e. The van der Waals surface area contributed by atoms with Gasteiger partial charge in [0.15, 0.2) is 5.78 Å². The van der Waals surface area contributed by atoms with Crippen molar-refractivity contribution in [2.24, 2.45) is 17.3 Å². The number of hydrogen-bond acceptors (Lipinski definition) is 3. The number of halogens is 5. The largest absolute Gasteiger partial charge is 0.456 e. The summed E-state index contributed by atoms with van der Waals surface area (Å²) in [5, 5.41) is 16.7. The number of alkyl halides is 5. The van der Waals surface area contributed by atoms with Gasteiger partial charge in [-0.25, -0.2) is 4.79 Å². The molecule has 0 spiro atoms. The number of carbonyl (C=O) groups is 2. The Morgan fingerprint density at radius 1 is 1.07 bits per heavy atom. The lowest BCUT2D eigenvalue weighted by Gasteiger charge is -2.56. The molecule has 1 aromatic rings. The van der Waals surface area contributed by atoms with Crippen LogP contribution in [0.15, 0.2) is 65.8 Å². The van der Waals surface area contributed by atoms with Gasteiger partial charge in [0, 0.05) is 30.8 Å². The molecule has 0 bridgehead atoms. The van der Waals surface area contributed by atoms with Gasteiger partial charge in [-0.15, -0.1) is 6.58 Å². The molecular weight excluding hydrogens is 567 g/mol. The van der Waals surface area contributed by atoms with Gasteiger partial charge in [-0.2, -0.15) is 22.0 Å². The first-order valence-corrected chi connectivity index (χ1v) is 14.8. The Labute approximate surface area is 248 Å². The van der Waals surface area contributed by atoms with Crippen LogP contribution in [0, 0.1) is 17.3 Å². The number of benzene rings is 1. The van der Waals surface area contributed by atoms with Gasteiger partial charge < -0.3 is 15.7 Å². The molecule has 1 aromatic carbocycles. The molecule has 10 heteroatoms. The van der Waals surface area contributed by atoms with Crippen LogP contribution in [-0.2, 0) is 4.79 Å². The second kappa shape index (κ2) is 11.3. The minimum atomic E-state index is -5.88. The molecular formula is C33H37F5N2O3. The van der Waals surface area contributed by atoms with Crippen LogP contribution in [0.5, 0.6) is 0 Å². The summed E-state index contributed by atoms with van der Waals surface area (Å²) in [5.74, 6) is -6.51. The Morgan fingerprint density at radius 2 is 1.77 bits per heavy atom. The van der Waals surface area contributed by atoms with E-state index in [1.807, 2.05) is 30.3 Å². The lowest BCUT2D eigenvalue weighted by atomic mass is 9.50. The average molecular weight is 605 g/mol. The van der Waals surface area contributed by atoms with Crippen LogP contribution < -0.4 is 10.6 Å². The number of hydrogen-bond donors (Lipinski definition) is 3. The minimum Gasteiger partial charge on any atom is -0.383 e. The van der Waals surface area contributed by atoms with Crippen molar-refractivity contribution in [1.82, 2.24) is 10.6 Å². The second-order valence-electron chi connectivity index (χ2n) is 12.4. The van der Waals surface area contributed by atoms with E-state index in [-0.39, 0.29) is 37.1 Å². The van der Waals surface area contributed by atoms with Gasteiger partial charge in [-0.1, -0.05) is 55.0 Å². The number of aliphatic hydroxyl groups is 1. The highest BCUT2D eigenvalue weighted by atomic mass is 19.4. The van der Waals surface area contributed by atoms with Crippen molar-refractivity contribution in [3.8, 4) is 0 Å².